The van der Waals surface area contributed by atoms with E-state index in [1.807, 2.05) is 42.6 Å². The van der Waals surface area contributed by atoms with E-state index < -0.39 is 11.8 Å². The van der Waals surface area contributed by atoms with Crippen LogP contribution in [0, 0.1) is 0 Å². The molecule has 0 saturated carbocycles. The third kappa shape index (κ3) is 2.93. The molecule has 0 atom stereocenters. The van der Waals surface area contributed by atoms with Gasteiger partial charge >= 0.3 is 0 Å². The highest BCUT2D eigenvalue weighted by atomic mass is 16.2. The normalized spacial score (nSPS) is 13.3. The molecule has 0 bridgehead atoms. The summed E-state index contributed by atoms with van der Waals surface area (Å²) in [5, 5.41) is 5.45. The van der Waals surface area contributed by atoms with Crippen LogP contribution in [-0.2, 0) is 11.2 Å². The molecule has 6 nitrogen and oxygen atoms in total. The topological polar surface area (TPSA) is 82.3 Å². The number of aromatic nitrogens is 1. The fourth-order valence-corrected chi connectivity index (χ4v) is 4.10. The summed E-state index contributed by atoms with van der Waals surface area (Å²) >= 11 is 0. The van der Waals surface area contributed by atoms with E-state index >= 15 is 0 Å². The molecule has 5 rings (SSSR count). The molecule has 3 aromatic carbocycles. The molecular formula is C24H19N3O3. The quantitative estimate of drug-likeness (QED) is 0.507. The van der Waals surface area contributed by atoms with Gasteiger partial charge in [-0.3, -0.25) is 19.3 Å². The highest BCUT2D eigenvalue weighted by Crippen LogP contribution is 2.29. The van der Waals surface area contributed by atoms with Gasteiger partial charge in [-0.1, -0.05) is 42.5 Å². The Balaban J connectivity index is 1.28. The monoisotopic (exact) mass is 397 g/mol. The number of nitrogens with one attached hydrogen (secondary N) is 2. The fourth-order valence-electron chi connectivity index (χ4n) is 4.10. The van der Waals surface area contributed by atoms with Gasteiger partial charge in [-0.05, 0) is 35.6 Å². The van der Waals surface area contributed by atoms with Crippen LogP contribution in [0.5, 0.6) is 0 Å². The zero-order valence-electron chi connectivity index (χ0n) is 16.1. The van der Waals surface area contributed by atoms with Crippen LogP contribution < -0.4 is 5.32 Å². The van der Waals surface area contributed by atoms with Gasteiger partial charge in [-0.2, -0.15) is 0 Å². The van der Waals surface area contributed by atoms with Crippen LogP contribution in [-0.4, -0.2) is 40.7 Å². The van der Waals surface area contributed by atoms with E-state index in [1.54, 1.807) is 24.3 Å². The molecule has 0 fully saturated rings. The average molecular weight is 397 g/mol. The zero-order valence-corrected chi connectivity index (χ0v) is 16.1. The highest BCUT2D eigenvalue weighted by molar-refractivity contribution is 6.26. The van der Waals surface area contributed by atoms with Crippen molar-refractivity contribution < 1.29 is 14.4 Å². The Morgan fingerprint density at radius 3 is 2.33 bits per heavy atom. The number of nitrogens with zero attached hydrogens (tertiary/aromatic N) is 1. The first-order valence-electron chi connectivity index (χ1n) is 9.83. The second-order valence-electron chi connectivity index (χ2n) is 7.37. The molecule has 4 aromatic rings. The molecule has 30 heavy (non-hydrogen) atoms. The van der Waals surface area contributed by atoms with Gasteiger partial charge in [0.2, 0.25) is 5.91 Å². The van der Waals surface area contributed by atoms with E-state index in [0.717, 1.165) is 26.8 Å². The number of hydrogen-bond donors (Lipinski definition) is 2. The van der Waals surface area contributed by atoms with Crippen molar-refractivity contribution in [2.24, 2.45) is 0 Å². The molecular weight excluding hydrogens is 378 g/mol. The maximum Gasteiger partial charge on any atom is 0.261 e. The van der Waals surface area contributed by atoms with Gasteiger partial charge in [0.05, 0.1) is 0 Å². The molecule has 6 heteroatoms. The van der Waals surface area contributed by atoms with Crippen LogP contribution >= 0.6 is 0 Å². The Bertz CT molecular complexity index is 1270. The van der Waals surface area contributed by atoms with E-state index in [-0.39, 0.29) is 12.5 Å². The minimum absolute atomic E-state index is 0.295. The zero-order chi connectivity index (χ0) is 20.7. The van der Waals surface area contributed by atoms with Gasteiger partial charge in [0.25, 0.3) is 11.8 Å². The summed E-state index contributed by atoms with van der Waals surface area (Å²) < 4.78 is 0. The maximum atomic E-state index is 12.9. The molecule has 1 aliphatic heterocycles. The van der Waals surface area contributed by atoms with E-state index in [9.17, 15) is 14.4 Å². The summed E-state index contributed by atoms with van der Waals surface area (Å²) in [4.78, 5) is 42.5. The van der Waals surface area contributed by atoms with Crippen LogP contribution in [0.15, 0.2) is 66.9 Å². The smallest absolute Gasteiger partial charge is 0.261 e. The molecule has 2 heterocycles. The standard InChI is InChI=1S/C24H19N3O3/c28-21(25-12-11-16-13-26-20-10-2-1-7-17(16)20)14-27-23(29)18-8-3-5-15-6-4-9-19(22(15)18)24(27)30/h1-10,13,26H,11-12,14H2,(H,25,28). The number of rotatable bonds is 5. The summed E-state index contributed by atoms with van der Waals surface area (Å²) in [6.07, 6.45) is 2.59. The number of amides is 3. The Morgan fingerprint density at radius 1 is 0.900 bits per heavy atom. The summed E-state index contributed by atoms with van der Waals surface area (Å²) in [7, 11) is 0. The summed E-state index contributed by atoms with van der Waals surface area (Å²) in [5.41, 5.74) is 3.07. The van der Waals surface area contributed by atoms with Gasteiger partial charge in [0, 0.05) is 40.2 Å². The van der Waals surface area contributed by atoms with Crippen LogP contribution in [0.4, 0.5) is 0 Å². The van der Waals surface area contributed by atoms with E-state index in [0.29, 0.717) is 29.5 Å². The molecule has 1 aromatic heterocycles. The Hall–Kier alpha value is -3.93. The lowest BCUT2D eigenvalue weighted by Gasteiger charge is -2.26. The third-order valence-corrected chi connectivity index (χ3v) is 5.55. The van der Waals surface area contributed by atoms with E-state index in [1.165, 1.54) is 0 Å². The predicted molar refractivity (Wildman–Crippen MR) is 114 cm³/mol. The lowest BCUT2D eigenvalue weighted by atomic mass is 9.94. The van der Waals surface area contributed by atoms with Crippen LogP contribution in [0.1, 0.15) is 26.3 Å². The first kappa shape index (κ1) is 18.1. The minimum atomic E-state index is -0.434. The minimum Gasteiger partial charge on any atom is -0.361 e. The number of fused-ring (bicyclic) bond motifs is 1. The second-order valence-corrected chi connectivity index (χ2v) is 7.37. The lowest BCUT2D eigenvalue weighted by molar-refractivity contribution is -0.121. The van der Waals surface area contributed by atoms with Crippen LogP contribution in [0.3, 0.4) is 0 Å². The Kier molecular flexibility index (Phi) is 4.32. The number of carbonyl (C=O) groups excluding carboxylic acids is 3. The summed E-state index contributed by atoms with van der Waals surface area (Å²) in [6, 6.07) is 18.7. The van der Waals surface area contributed by atoms with Gasteiger partial charge in [-0.25, -0.2) is 0 Å². The van der Waals surface area contributed by atoms with Gasteiger partial charge < -0.3 is 10.3 Å². The predicted octanol–water partition coefficient (Wildman–Crippen LogP) is 3.28. The molecule has 0 radical (unpaired) electrons. The highest BCUT2D eigenvalue weighted by Gasteiger charge is 2.33. The van der Waals surface area contributed by atoms with Crippen LogP contribution in [0.25, 0.3) is 21.7 Å². The first-order valence-corrected chi connectivity index (χ1v) is 9.83. The van der Waals surface area contributed by atoms with Crippen molar-refractivity contribution in [3.05, 3.63) is 83.6 Å². The molecule has 148 valence electrons. The summed E-state index contributed by atoms with van der Waals surface area (Å²) in [5.74, 6) is -1.23. The van der Waals surface area contributed by atoms with Gasteiger partial charge in [0.1, 0.15) is 6.54 Å². The van der Waals surface area contributed by atoms with Crippen molar-refractivity contribution in [1.29, 1.82) is 0 Å². The van der Waals surface area contributed by atoms with Crippen molar-refractivity contribution in [3.8, 4) is 0 Å². The van der Waals surface area contributed by atoms with E-state index in [2.05, 4.69) is 10.3 Å². The van der Waals surface area contributed by atoms with E-state index in [4.69, 9.17) is 0 Å². The number of H-pyrrole nitrogens is 1. The molecule has 0 saturated heterocycles. The maximum absolute atomic E-state index is 12.9. The number of hydrogen-bond acceptors (Lipinski definition) is 3. The SMILES string of the molecule is O=C(CN1C(=O)c2cccc3cccc(c23)C1=O)NCCc1c[nH]c2ccccc12. The number of carbonyl (C=O) groups is 3. The number of benzene rings is 3. The molecule has 0 unspecified atom stereocenters. The molecule has 3 amide bonds. The first-order chi connectivity index (χ1) is 14.6. The molecule has 1 aliphatic rings. The van der Waals surface area contributed by atoms with Crippen molar-refractivity contribution in [3.63, 3.8) is 0 Å². The third-order valence-electron chi connectivity index (χ3n) is 5.55. The molecule has 0 spiro atoms. The summed E-state index contributed by atoms with van der Waals surface area (Å²) in [6.45, 7) is 0.124. The van der Waals surface area contributed by atoms with Crippen molar-refractivity contribution in [2.45, 2.75) is 6.42 Å². The van der Waals surface area contributed by atoms with Gasteiger partial charge in [0.15, 0.2) is 0 Å². The fraction of sp³-hybridized carbons (Fsp3) is 0.125. The average Bonchev–Trinajstić information content (AvgIpc) is 3.18. The Morgan fingerprint density at radius 2 is 1.60 bits per heavy atom. The number of para-hydroxylation sites is 1. The number of imide groups is 1. The molecule has 0 aliphatic carbocycles. The second kappa shape index (κ2) is 7.15. The Labute approximate surface area is 172 Å². The molecule has 2 N–H and O–H groups in total. The van der Waals surface area contributed by atoms with Crippen molar-refractivity contribution in [1.82, 2.24) is 15.2 Å². The lowest BCUT2D eigenvalue weighted by Crippen LogP contribution is -2.46. The van der Waals surface area contributed by atoms with Crippen molar-refractivity contribution in [2.75, 3.05) is 13.1 Å². The largest absolute Gasteiger partial charge is 0.361 e. The van der Waals surface area contributed by atoms with Gasteiger partial charge in [-0.15, -0.1) is 0 Å². The van der Waals surface area contributed by atoms with Crippen LogP contribution in [0.2, 0.25) is 0 Å². The van der Waals surface area contributed by atoms with Crippen molar-refractivity contribution >= 4 is 39.4 Å². The number of aromatic amines is 1.